The molecule has 1 heterocycles. The van der Waals surface area contributed by atoms with Crippen LogP contribution in [0.3, 0.4) is 0 Å². The second-order valence-corrected chi connectivity index (χ2v) is 4.86. The highest BCUT2D eigenvalue weighted by atomic mass is 16.2. The highest BCUT2D eigenvalue weighted by molar-refractivity contribution is 5.96. The highest BCUT2D eigenvalue weighted by Gasteiger charge is 2.26. The number of nitrogens with zero attached hydrogens (tertiary/aromatic N) is 1. The lowest BCUT2D eigenvalue weighted by Gasteiger charge is -2.30. The summed E-state index contributed by atoms with van der Waals surface area (Å²) in [4.78, 5) is 25.1. The molecule has 0 aliphatic carbocycles. The average molecular weight is 262 g/mol. The van der Waals surface area contributed by atoms with Crippen LogP contribution in [0.25, 0.3) is 0 Å². The summed E-state index contributed by atoms with van der Waals surface area (Å²) in [7, 11) is 0. The molecule has 1 aromatic carbocycles. The van der Waals surface area contributed by atoms with Gasteiger partial charge in [0.15, 0.2) is 0 Å². The Bertz CT molecular complexity index is 487. The van der Waals surface area contributed by atoms with Crippen molar-refractivity contribution in [1.82, 2.24) is 4.90 Å². The largest absolute Gasteiger partial charge is 0.399 e. The van der Waals surface area contributed by atoms with Crippen molar-refractivity contribution in [3.05, 3.63) is 23.8 Å². The minimum absolute atomic E-state index is 0.109. The van der Waals surface area contributed by atoms with Crippen LogP contribution in [-0.4, -0.2) is 29.8 Å². The minimum atomic E-state index is -0.291. The summed E-state index contributed by atoms with van der Waals surface area (Å²) < 4.78 is 0. The van der Waals surface area contributed by atoms with E-state index in [1.807, 2.05) is 0 Å². The number of rotatable bonds is 2. The predicted octanol–water partition coefficient (Wildman–Crippen LogP) is 0.188. The van der Waals surface area contributed by atoms with Gasteiger partial charge in [0.1, 0.15) is 0 Å². The maximum atomic E-state index is 12.3. The molecule has 1 fully saturated rings. The molecule has 1 aliphatic heterocycles. The van der Waals surface area contributed by atoms with Crippen molar-refractivity contribution in [3.63, 3.8) is 0 Å². The van der Waals surface area contributed by atoms with E-state index >= 15 is 0 Å². The van der Waals surface area contributed by atoms with Crippen LogP contribution in [0.4, 0.5) is 11.4 Å². The summed E-state index contributed by atoms with van der Waals surface area (Å²) in [5.41, 5.74) is 18.0. The Hall–Kier alpha value is -2.24. The number of carbonyl (C=O) groups is 2. The molecule has 0 bridgehead atoms. The van der Waals surface area contributed by atoms with E-state index in [9.17, 15) is 9.59 Å². The molecule has 0 unspecified atom stereocenters. The lowest BCUT2D eigenvalue weighted by atomic mass is 9.96. The third-order valence-corrected chi connectivity index (χ3v) is 3.41. The number of hydrogen-bond acceptors (Lipinski definition) is 4. The third kappa shape index (κ3) is 2.96. The first kappa shape index (κ1) is 13.2. The van der Waals surface area contributed by atoms with Crippen LogP contribution < -0.4 is 17.2 Å². The summed E-state index contributed by atoms with van der Waals surface area (Å²) in [6, 6.07) is 4.83. The van der Waals surface area contributed by atoms with Crippen molar-refractivity contribution < 1.29 is 9.59 Å². The number of benzene rings is 1. The number of carbonyl (C=O) groups excluding carboxylic acids is 2. The molecule has 6 nitrogen and oxygen atoms in total. The van der Waals surface area contributed by atoms with Gasteiger partial charge < -0.3 is 22.1 Å². The lowest BCUT2D eigenvalue weighted by molar-refractivity contribution is -0.123. The van der Waals surface area contributed by atoms with E-state index in [4.69, 9.17) is 17.2 Å². The standard InChI is InChI=1S/C13H18N4O2/c14-10-5-9(6-11(15)7-10)13(19)17-3-1-8(2-4-17)12(16)18/h5-8H,1-4,14-15H2,(H2,16,18). The molecule has 1 saturated heterocycles. The van der Waals surface area contributed by atoms with Crippen molar-refractivity contribution in [2.75, 3.05) is 24.6 Å². The molecule has 0 aromatic heterocycles. The smallest absolute Gasteiger partial charge is 0.254 e. The number of anilines is 2. The van der Waals surface area contributed by atoms with Crippen molar-refractivity contribution in [3.8, 4) is 0 Å². The van der Waals surface area contributed by atoms with Crippen molar-refractivity contribution in [1.29, 1.82) is 0 Å². The average Bonchev–Trinajstić information content (AvgIpc) is 2.37. The first-order chi connectivity index (χ1) is 8.97. The fourth-order valence-corrected chi connectivity index (χ4v) is 2.35. The monoisotopic (exact) mass is 262 g/mol. The van der Waals surface area contributed by atoms with Gasteiger partial charge >= 0.3 is 0 Å². The molecule has 1 aliphatic rings. The molecule has 0 saturated carbocycles. The van der Waals surface area contributed by atoms with Gasteiger partial charge in [0.05, 0.1) is 0 Å². The molecule has 2 amide bonds. The zero-order valence-corrected chi connectivity index (χ0v) is 10.6. The fourth-order valence-electron chi connectivity index (χ4n) is 2.35. The molecular weight excluding hydrogens is 244 g/mol. The summed E-state index contributed by atoms with van der Waals surface area (Å²) in [6.07, 6.45) is 1.22. The van der Waals surface area contributed by atoms with Crippen LogP contribution in [0, 0.1) is 5.92 Å². The van der Waals surface area contributed by atoms with Gasteiger partial charge in [0, 0.05) is 35.9 Å². The highest BCUT2D eigenvalue weighted by Crippen LogP contribution is 2.21. The van der Waals surface area contributed by atoms with E-state index in [1.165, 1.54) is 0 Å². The molecule has 1 aromatic rings. The Morgan fingerprint density at radius 3 is 2.05 bits per heavy atom. The van der Waals surface area contributed by atoms with Gasteiger partial charge in [0.2, 0.25) is 5.91 Å². The van der Waals surface area contributed by atoms with E-state index in [-0.39, 0.29) is 17.7 Å². The van der Waals surface area contributed by atoms with E-state index in [0.717, 1.165) is 0 Å². The molecule has 0 atom stereocenters. The number of likely N-dealkylation sites (tertiary alicyclic amines) is 1. The van der Waals surface area contributed by atoms with Crippen molar-refractivity contribution in [2.24, 2.45) is 11.7 Å². The normalized spacial score (nSPS) is 16.3. The van der Waals surface area contributed by atoms with E-state index < -0.39 is 0 Å². The Balaban J connectivity index is 2.07. The Labute approximate surface area is 111 Å². The maximum Gasteiger partial charge on any atom is 0.254 e. The van der Waals surface area contributed by atoms with Gasteiger partial charge in [0.25, 0.3) is 5.91 Å². The van der Waals surface area contributed by atoms with E-state index in [2.05, 4.69) is 0 Å². The number of nitrogens with two attached hydrogens (primary N) is 3. The number of hydrogen-bond donors (Lipinski definition) is 3. The molecule has 0 radical (unpaired) electrons. The molecule has 19 heavy (non-hydrogen) atoms. The van der Waals surface area contributed by atoms with Crippen LogP contribution >= 0.6 is 0 Å². The van der Waals surface area contributed by atoms with Gasteiger partial charge in [-0.15, -0.1) is 0 Å². The predicted molar refractivity (Wildman–Crippen MR) is 73.1 cm³/mol. The van der Waals surface area contributed by atoms with Crippen LogP contribution in [0.5, 0.6) is 0 Å². The summed E-state index contributed by atoms with van der Waals surface area (Å²) in [5.74, 6) is -0.530. The minimum Gasteiger partial charge on any atom is -0.399 e. The Morgan fingerprint density at radius 1 is 1.05 bits per heavy atom. The number of nitrogen functional groups attached to an aromatic ring is 2. The SMILES string of the molecule is NC(=O)C1CCN(C(=O)c2cc(N)cc(N)c2)CC1. The maximum absolute atomic E-state index is 12.3. The zero-order chi connectivity index (χ0) is 14.0. The van der Waals surface area contributed by atoms with Crippen LogP contribution in [0.2, 0.25) is 0 Å². The van der Waals surface area contributed by atoms with Gasteiger partial charge in [-0.25, -0.2) is 0 Å². The fraction of sp³-hybridized carbons (Fsp3) is 0.385. The first-order valence-corrected chi connectivity index (χ1v) is 6.22. The number of amides is 2. The van der Waals surface area contributed by atoms with E-state index in [1.54, 1.807) is 23.1 Å². The van der Waals surface area contributed by atoms with Crippen LogP contribution in [-0.2, 0) is 4.79 Å². The van der Waals surface area contributed by atoms with Gasteiger partial charge in [-0.3, -0.25) is 9.59 Å². The quantitative estimate of drug-likeness (QED) is 0.660. The summed E-state index contributed by atoms with van der Waals surface area (Å²) in [5, 5.41) is 0. The molecule has 6 heteroatoms. The molecular formula is C13H18N4O2. The van der Waals surface area contributed by atoms with Gasteiger partial charge in [-0.2, -0.15) is 0 Å². The van der Waals surface area contributed by atoms with E-state index in [0.29, 0.717) is 42.9 Å². The lowest BCUT2D eigenvalue weighted by Crippen LogP contribution is -2.41. The molecule has 6 N–H and O–H groups in total. The summed E-state index contributed by atoms with van der Waals surface area (Å²) >= 11 is 0. The number of primary amides is 1. The van der Waals surface area contributed by atoms with Crippen LogP contribution in [0.1, 0.15) is 23.2 Å². The topological polar surface area (TPSA) is 115 Å². The molecule has 2 rings (SSSR count). The van der Waals surface area contributed by atoms with Crippen LogP contribution in [0.15, 0.2) is 18.2 Å². The second kappa shape index (κ2) is 5.17. The Kier molecular flexibility index (Phi) is 3.59. The van der Waals surface area contributed by atoms with Crippen molar-refractivity contribution >= 4 is 23.2 Å². The van der Waals surface area contributed by atoms with Gasteiger partial charge in [-0.1, -0.05) is 0 Å². The molecule has 0 spiro atoms. The molecule has 102 valence electrons. The Morgan fingerprint density at radius 2 is 1.58 bits per heavy atom. The number of piperidine rings is 1. The third-order valence-electron chi connectivity index (χ3n) is 3.41. The van der Waals surface area contributed by atoms with Gasteiger partial charge in [-0.05, 0) is 31.0 Å². The summed E-state index contributed by atoms with van der Waals surface area (Å²) in [6.45, 7) is 1.06. The van der Waals surface area contributed by atoms with Crippen molar-refractivity contribution in [2.45, 2.75) is 12.8 Å². The zero-order valence-electron chi connectivity index (χ0n) is 10.6. The second-order valence-electron chi connectivity index (χ2n) is 4.86. The first-order valence-electron chi connectivity index (χ1n) is 6.22.